The summed E-state index contributed by atoms with van der Waals surface area (Å²) < 4.78 is 21.6. The zero-order chi connectivity index (χ0) is 27.9. The Morgan fingerprint density at radius 2 is 1.92 bits per heavy atom. The number of nitrogens with zero attached hydrogens (tertiary/aromatic N) is 2. The van der Waals surface area contributed by atoms with Crippen molar-refractivity contribution in [3.05, 3.63) is 81.1 Å². The van der Waals surface area contributed by atoms with E-state index in [1.807, 2.05) is 31.2 Å². The highest BCUT2D eigenvalue weighted by Gasteiger charge is 2.15. The Labute approximate surface area is 232 Å². The lowest BCUT2D eigenvalue weighted by molar-refractivity contribution is 0.177. The fraction of sp³-hybridized carbons (Fsp3) is 0.379. The van der Waals surface area contributed by atoms with Gasteiger partial charge >= 0.3 is 5.69 Å². The summed E-state index contributed by atoms with van der Waals surface area (Å²) in [6.07, 6.45) is 5.02. The van der Waals surface area contributed by atoms with Crippen LogP contribution in [0.1, 0.15) is 37.3 Å². The monoisotopic (exact) mass is 554 g/mol. The summed E-state index contributed by atoms with van der Waals surface area (Å²) in [5.41, 5.74) is 15.3. The first-order chi connectivity index (χ1) is 18.7. The molecular weight excluding hydrogens is 519 g/mol. The minimum Gasteiger partial charge on any atom is -0.383 e. The third-order valence-electron chi connectivity index (χ3n) is 6.63. The first-order valence-electron chi connectivity index (χ1n) is 13.2. The van der Waals surface area contributed by atoms with Crippen molar-refractivity contribution in [1.29, 1.82) is 0 Å². The molecule has 2 heterocycles. The molecule has 39 heavy (non-hydrogen) atoms. The van der Waals surface area contributed by atoms with E-state index >= 15 is 4.39 Å². The van der Waals surface area contributed by atoms with Gasteiger partial charge in [-0.3, -0.25) is 4.57 Å². The molecule has 2 aromatic heterocycles. The van der Waals surface area contributed by atoms with Crippen molar-refractivity contribution in [3.63, 3.8) is 0 Å². The van der Waals surface area contributed by atoms with Gasteiger partial charge in [0.1, 0.15) is 5.65 Å². The highest BCUT2D eigenvalue weighted by Crippen LogP contribution is 2.31. The first-order valence-corrected chi connectivity index (χ1v) is 13.5. The molecule has 0 aliphatic heterocycles. The Hall–Kier alpha value is -3.08. The van der Waals surface area contributed by atoms with Crippen LogP contribution >= 0.6 is 11.6 Å². The average Bonchev–Trinajstić information content (AvgIpc) is 3.31. The lowest BCUT2D eigenvalue weighted by atomic mass is 10.0. The van der Waals surface area contributed by atoms with E-state index < -0.39 is 11.5 Å². The molecule has 0 unspecified atom stereocenters. The number of aromatic amines is 1. The molecule has 8 nitrogen and oxygen atoms in total. The number of hydrogen-bond acceptors (Lipinski definition) is 6. The van der Waals surface area contributed by atoms with Crippen LogP contribution in [-0.2, 0) is 17.7 Å². The van der Waals surface area contributed by atoms with Crippen molar-refractivity contribution in [2.75, 3.05) is 20.3 Å². The van der Waals surface area contributed by atoms with Crippen molar-refractivity contribution in [1.82, 2.24) is 19.9 Å². The van der Waals surface area contributed by atoms with Crippen molar-refractivity contribution in [2.24, 2.45) is 11.5 Å². The number of aryl methyl sites for hydroxylation is 1. The van der Waals surface area contributed by atoms with Gasteiger partial charge < -0.3 is 26.5 Å². The number of benzene rings is 2. The summed E-state index contributed by atoms with van der Waals surface area (Å²) in [7, 11) is 1.64. The molecule has 4 rings (SSSR count). The van der Waals surface area contributed by atoms with Crippen LogP contribution < -0.4 is 22.5 Å². The maximum Gasteiger partial charge on any atom is 0.354 e. The van der Waals surface area contributed by atoms with Crippen LogP contribution in [0.2, 0.25) is 5.02 Å². The maximum atomic E-state index is 15.0. The van der Waals surface area contributed by atoms with Gasteiger partial charge in [0.15, 0.2) is 5.82 Å². The van der Waals surface area contributed by atoms with Crippen LogP contribution in [0.3, 0.4) is 0 Å². The van der Waals surface area contributed by atoms with Crippen LogP contribution in [0, 0.1) is 5.82 Å². The summed E-state index contributed by atoms with van der Waals surface area (Å²) in [4.78, 5) is 20.1. The molecular formula is C29H36ClFN6O2. The van der Waals surface area contributed by atoms with Crippen molar-refractivity contribution in [3.8, 4) is 16.9 Å². The van der Waals surface area contributed by atoms with Gasteiger partial charge in [-0.15, -0.1) is 0 Å². The van der Waals surface area contributed by atoms with Crippen LogP contribution in [0.5, 0.6) is 0 Å². The number of ether oxygens (including phenoxy) is 1. The minimum absolute atomic E-state index is 0.00999. The third-order valence-corrected chi connectivity index (χ3v) is 6.90. The quantitative estimate of drug-likeness (QED) is 0.183. The molecule has 2 atom stereocenters. The average molecular weight is 555 g/mol. The highest BCUT2D eigenvalue weighted by atomic mass is 35.5. The van der Waals surface area contributed by atoms with E-state index in [0.29, 0.717) is 41.1 Å². The molecule has 2 aromatic carbocycles. The Balaban J connectivity index is 1.51. The molecule has 0 radical (unpaired) electrons. The van der Waals surface area contributed by atoms with Gasteiger partial charge in [0.25, 0.3) is 0 Å². The fourth-order valence-electron chi connectivity index (χ4n) is 4.53. The normalized spacial score (nSPS) is 13.2. The van der Waals surface area contributed by atoms with E-state index in [0.717, 1.165) is 43.4 Å². The van der Waals surface area contributed by atoms with Crippen LogP contribution in [0.25, 0.3) is 28.0 Å². The molecule has 0 amide bonds. The van der Waals surface area contributed by atoms with Gasteiger partial charge in [-0.05, 0) is 80.6 Å². The third kappa shape index (κ3) is 7.52. The number of hydrogen-bond donors (Lipinski definition) is 4. The molecule has 0 spiro atoms. The molecule has 0 saturated carbocycles. The van der Waals surface area contributed by atoms with E-state index in [-0.39, 0.29) is 17.1 Å². The second kappa shape index (κ2) is 13.3. The topological polar surface area (TPSA) is 124 Å². The van der Waals surface area contributed by atoms with E-state index in [1.165, 1.54) is 4.57 Å². The number of aromatic nitrogens is 3. The van der Waals surface area contributed by atoms with Gasteiger partial charge in [0.2, 0.25) is 0 Å². The van der Waals surface area contributed by atoms with Gasteiger partial charge in [0.05, 0.1) is 23.0 Å². The number of methoxy groups -OCH3 is 1. The number of nitrogens with one attached hydrogen (secondary N) is 2. The highest BCUT2D eigenvalue weighted by molar-refractivity contribution is 6.31. The van der Waals surface area contributed by atoms with Crippen LogP contribution in [0.4, 0.5) is 4.39 Å². The Morgan fingerprint density at radius 3 is 2.64 bits per heavy atom. The Kier molecular flexibility index (Phi) is 9.88. The van der Waals surface area contributed by atoms with Gasteiger partial charge in [0, 0.05) is 42.9 Å². The van der Waals surface area contributed by atoms with E-state index in [4.69, 9.17) is 27.8 Å². The Bertz CT molecular complexity index is 1450. The second-order valence-corrected chi connectivity index (χ2v) is 10.4. The largest absolute Gasteiger partial charge is 0.383 e. The number of rotatable bonds is 13. The maximum absolute atomic E-state index is 15.0. The summed E-state index contributed by atoms with van der Waals surface area (Å²) in [5.74, 6) is -0.515. The van der Waals surface area contributed by atoms with Crippen LogP contribution in [-0.4, -0.2) is 46.9 Å². The second-order valence-electron chi connectivity index (χ2n) is 10.0. The predicted molar refractivity (Wildman–Crippen MR) is 155 cm³/mol. The van der Waals surface area contributed by atoms with Crippen molar-refractivity contribution in [2.45, 2.75) is 51.2 Å². The number of H-pyrrole nitrogens is 1. The van der Waals surface area contributed by atoms with Gasteiger partial charge in [-0.2, -0.15) is 4.98 Å². The summed E-state index contributed by atoms with van der Waals surface area (Å²) >= 11 is 6.22. The van der Waals surface area contributed by atoms with E-state index in [1.54, 1.807) is 31.5 Å². The lowest BCUT2D eigenvalue weighted by Crippen LogP contribution is -2.30. The summed E-state index contributed by atoms with van der Waals surface area (Å²) in [6.45, 7) is 3.97. The van der Waals surface area contributed by atoms with E-state index in [9.17, 15) is 4.79 Å². The smallest absolute Gasteiger partial charge is 0.354 e. The zero-order valence-electron chi connectivity index (χ0n) is 22.3. The lowest BCUT2D eigenvalue weighted by Gasteiger charge is -2.11. The van der Waals surface area contributed by atoms with Crippen molar-refractivity contribution < 1.29 is 9.13 Å². The van der Waals surface area contributed by atoms with Crippen LogP contribution in [0.15, 0.2) is 53.5 Å². The van der Waals surface area contributed by atoms with Gasteiger partial charge in [-0.25, -0.2) is 9.18 Å². The number of halogens is 2. The molecule has 208 valence electrons. The first kappa shape index (κ1) is 28.9. The van der Waals surface area contributed by atoms with E-state index in [2.05, 4.69) is 15.3 Å². The molecule has 0 aliphatic rings. The molecule has 10 heteroatoms. The minimum atomic E-state index is -0.515. The fourth-order valence-corrected chi connectivity index (χ4v) is 4.77. The standard InChI is InChI=1S/C29H36ClFN6O2/c1-18(32)4-3-5-20-12-24(27(31)25(30)13-20)26-14-21-16-37(29(38)36-28(21)35-26)23-8-6-19(7-9-23)15-34-11-10-22(33)17-39-2/h6-9,12-14,16,18,22,34H,3-5,10-11,15,17,32-33H2,1-2H3,(H,35,36,38)/t18-,22+/m0/s1. The molecule has 0 bridgehead atoms. The molecule has 6 N–H and O–H groups in total. The predicted octanol–water partition coefficient (Wildman–Crippen LogP) is 4.30. The van der Waals surface area contributed by atoms with Gasteiger partial charge in [-0.1, -0.05) is 23.7 Å². The Morgan fingerprint density at radius 1 is 1.15 bits per heavy atom. The SMILES string of the molecule is COC[C@H](N)CCNCc1ccc(-n2cc3cc(-c4cc(CCC[C@H](C)N)cc(Cl)c4F)[nH]c3nc2=O)cc1. The molecule has 4 aromatic rings. The molecule has 0 aliphatic carbocycles. The number of fused-ring (bicyclic) bond motifs is 1. The molecule has 0 fully saturated rings. The number of nitrogens with two attached hydrogens (primary N) is 2. The molecule has 0 saturated heterocycles. The van der Waals surface area contributed by atoms with Crippen molar-refractivity contribution >= 4 is 22.6 Å². The summed E-state index contributed by atoms with van der Waals surface area (Å²) in [5, 5.41) is 4.10. The zero-order valence-corrected chi connectivity index (χ0v) is 23.1. The summed E-state index contributed by atoms with van der Waals surface area (Å²) in [6, 6.07) is 13.0.